The molecule has 194 valence electrons. The Morgan fingerprint density at radius 2 is 1.67 bits per heavy atom. The molecule has 2 aliphatic heterocycles. The number of cyclic esters (lactones) is 1. The largest absolute Gasteiger partial charge is 0.490 e. The Labute approximate surface area is 213 Å². The first-order chi connectivity index (χ1) is 17.3. The highest BCUT2D eigenvalue weighted by molar-refractivity contribution is 7.89. The van der Waals surface area contributed by atoms with Crippen molar-refractivity contribution in [2.24, 2.45) is 5.41 Å². The maximum absolute atomic E-state index is 13.1. The van der Waals surface area contributed by atoms with E-state index in [0.29, 0.717) is 39.0 Å². The number of rotatable bonds is 4. The minimum absolute atomic E-state index is 0.126. The Morgan fingerprint density at radius 3 is 2.42 bits per heavy atom. The summed E-state index contributed by atoms with van der Waals surface area (Å²) in [6, 6.07) is 14.4. The Hall–Kier alpha value is -2.91. The van der Waals surface area contributed by atoms with Gasteiger partial charge in [0, 0.05) is 13.1 Å². The van der Waals surface area contributed by atoms with Gasteiger partial charge in [-0.05, 0) is 62.8 Å². The van der Waals surface area contributed by atoms with Crippen LogP contribution in [0.3, 0.4) is 0 Å². The first-order valence-corrected chi connectivity index (χ1v) is 14.0. The fourth-order valence-corrected chi connectivity index (χ4v) is 5.85. The van der Waals surface area contributed by atoms with Crippen molar-refractivity contribution in [1.82, 2.24) is 9.62 Å². The minimum Gasteiger partial charge on any atom is -0.490 e. The van der Waals surface area contributed by atoms with E-state index in [-0.39, 0.29) is 29.9 Å². The molecule has 2 aromatic carbocycles. The minimum atomic E-state index is -3.77. The van der Waals surface area contributed by atoms with E-state index in [1.165, 1.54) is 12.1 Å². The molecule has 1 saturated heterocycles. The van der Waals surface area contributed by atoms with Crippen LogP contribution in [0.2, 0.25) is 0 Å². The fraction of sp³-hybridized carbons (Fsp3) is 0.481. The van der Waals surface area contributed by atoms with Crippen LogP contribution in [0, 0.1) is 12.3 Å². The topological polar surface area (TPSA) is 102 Å². The van der Waals surface area contributed by atoms with Gasteiger partial charge in [-0.1, -0.05) is 42.3 Å². The highest BCUT2D eigenvalue weighted by atomic mass is 32.2. The molecule has 0 atom stereocenters. The average molecular weight is 515 g/mol. The summed E-state index contributed by atoms with van der Waals surface area (Å²) >= 11 is 0. The van der Waals surface area contributed by atoms with Gasteiger partial charge in [-0.2, -0.15) is 0 Å². The molecule has 1 spiro atoms. The summed E-state index contributed by atoms with van der Waals surface area (Å²) < 4.78 is 38.9. The van der Waals surface area contributed by atoms with Crippen LogP contribution in [0.1, 0.15) is 43.2 Å². The number of benzene rings is 2. The van der Waals surface area contributed by atoms with Crippen molar-refractivity contribution in [3.05, 3.63) is 59.7 Å². The van der Waals surface area contributed by atoms with E-state index >= 15 is 0 Å². The van der Waals surface area contributed by atoms with Gasteiger partial charge in [0.1, 0.15) is 19.0 Å². The predicted molar refractivity (Wildman–Crippen MR) is 135 cm³/mol. The molecule has 1 fully saturated rings. The summed E-state index contributed by atoms with van der Waals surface area (Å²) in [6.45, 7) is 2.81. The molecule has 0 saturated carbocycles. The molecule has 2 aromatic rings. The van der Waals surface area contributed by atoms with Crippen molar-refractivity contribution in [2.75, 3.05) is 32.8 Å². The van der Waals surface area contributed by atoms with Gasteiger partial charge in [0.15, 0.2) is 0 Å². The number of nitrogens with one attached hydrogen (secondary N) is 1. The summed E-state index contributed by atoms with van der Waals surface area (Å²) in [4.78, 5) is 27.6. The van der Waals surface area contributed by atoms with Crippen molar-refractivity contribution in [2.45, 2.75) is 50.3 Å². The number of esters is 1. The molecule has 8 nitrogen and oxygen atoms in total. The number of hydrogen-bond acceptors (Lipinski definition) is 6. The van der Waals surface area contributed by atoms with Gasteiger partial charge in [0.05, 0.1) is 16.9 Å². The molecule has 0 unspecified atom stereocenters. The van der Waals surface area contributed by atoms with Crippen molar-refractivity contribution in [3.63, 3.8) is 0 Å². The first-order valence-electron chi connectivity index (χ1n) is 12.5. The molecule has 2 heterocycles. The Morgan fingerprint density at radius 1 is 0.972 bits per heavy atom. The summed E-state index contributed by atoms with van der Waals surface area (Å²) in [7, 11) is -3.77. The average Bonchev–Trinajstić information content (AvgIpc) is 2.88. The van der Waals surface area contributed by atoms with Crippen LogP contribution in [-0.2, 0) is 30.8 Å². The second-order valence-corrected chi connectivity index (χ2v) is 11.4. The van der Waals surface area contributed by atoms with E-state index in [1.807, 2.05) is 25.1 Å². The van der Waals surface area contributed by atoms with E-state index in [9.17, 15) is 18.0 Å². The van der Waals surface area contributed by atoms with Crippen LogP contribution in [0.5, 0.6) is 5.75 Å². The number of likely N-dealkylation sites (tertiary alicyclic amines) is 1. The Bertz CT molecular complexity index is 1170. The second-order valence-electron chi connectivity index (χ2n) is 9.60. The van der Waals surface area contributed by atoms with Crippen LogP contribution in [0.4, 0.5) is 0 Å². The number of aryl methyl sites for hydroxylation is 2. The SMILES string of the molecule is Cc1ccc(S(=O)(=O)NCC(=O)N2CCC3(CCCCc4ccccc4OCCOC3=O)CC2)cc1. The number of fused-ring (bicyclic) bond motifs is 1. The lowest BCUT2D eigenvalue weighted by molar-refractivity contribution is -0.162. The van der Waals surface area contributed by atoms with E-state index in [0.717, 1.165) is 36.1 Å². The summed E-state index contributed by atoms with van der Waals surface area (Å²) in [5.41, 5.74) is 1.48. The molecule has 1 amide bonds. The van der Waals surface area contributed by atoms with Crippen LogP contribution >= 0.6 is 0 Å². The monoisotopic (exact) mass is 514 g/mol. The lowest BCUT2D eigenvalue weighted by Crippen LogP contribution is -2.49. The zero-order chi connectivity index (χ0) is 25.6. The molecule has 0 aromatic heterocycles. The van der Waals surface area contributed by atoms with Crippen LogP contribution in [0.25, 0.3) is 0 Å². The summed E-state index contributed by atoms with van der Waals surface area (Å²) in [6.07, 6.45) is 4.38. The van der Waals surface area contributed by atoms with Crippen LogP contribution < -0.4 is 9.46 Å². The van der Waals surface area contributed by atoms with E-state index < -0.39 is 15.4 Å². The molecule has 4 rings (SSSR count). The highest BCUT2D eigenvalue weighted by Gasteiger charge is 2.43. The van der Waals surface area contributed by atoms with Gasteiger partial charge < -0.3 is 14.4 Å². The highest BCUT2D eigenvalue weighted by Crippen LogP contribution is 2.38. The third-order valence-corrected chi connectivity index (χ3v) is 8.57. The number of hydrogen-bond donors (Lipinski definition) is 1. The van der Waals surface area contributed by atoms with Gasteiger partial charge in [-0.3, -0.25) is 9.59 Å². The molecule has 0 aliphatic carbocycles. The molecule has 2 aliphatic rings. The van der Waals surface area contributed by atoms with Gasteiger partial charge >= 0.3 is 5.97 Å². The zero-order valence-electron chi connectivity index (χ0n) is 20.7. The fourth-order valence-electron chi connectivity index (χ4n) is 4.88. The van der Waals surface area contributed by atoms with Crippen molar-refractivity contribution in [1.29, 1.82) is 0 Å². The van der Waals surface area contributed by atoms with Gasteiger partial charge in [0.2, 0.25) is 15.9 Å². The lowest BCUT2D eigenvalue weighted by atomic mass is 9.74. The number of sulfonamides is 1. The maximum atomic E-state index is 13.1. The van der Waals surface area contributed by atoms with Gasteiger partial charge in [0.25, 0.3) is 0 Å². The molecular weight excluding hydrogens is 480 g/mol. The van der Waals surface area contributed by atoms with Gasteiger partial charge in [-0.25, -0.2) is 13.1 Å². The summed E-state index contributed by atoms with van der Waals surface area (Å²) in [5, 5.41) is 0. The summed E-state index contributed by atoms with van der Waals surface area (Å²) in [5.74, 6) is 0.313. The second kappa shape index (κ2) is 11.4. The molecule has 36 heavy (non-hydrogen) atoms. The molecule has 1 N–H and O–H groups in total. The van der Waals surface area contributed by atoms with Crippen LogP contribution in [0.15, 0.2) is 53.4 Å². The maximum Gasteiger partial charge on any atom is 0.312 e. The van der Waals surface area contributed by atoms with E-state index in [1.54, 1.807) is 17.0 Å². The standard InChI is InChI=1S/C27H34N2O6S/c1-21-9-11-23(12-10-21)36(32,33)28-20-25(30)29-16-14-27(15-17-29)13-5-4-7-22-6-2-3-8-24(22)34-18-19-35-26(27)31/h2-3,6,8-12,28H,4-5,7,13-20H2,1H3. The number of nitrogens with zero attached hydrogens (tertiary/aromatic N) is 1. The van der Waals surface area contributed by atoms with Gasteiger partial charge in [-0.15, -0.1) is 0 Å². The normalized spacial score (nSPS) is 18.8. The number of carbonyl (C=O) groups is 2. The molecular formula is C27H34N2O6S. The number of piperidine rings is 1. The first kappa shape index (κ1) is 26.2. The number of ether oxygens (including phenoxy) is 2. The predicted octanol–water partition coefficient (Wildman–Crippen LogP) is 3.23. The van der Waals surface area contributed by atoms with Crippen molar-refractivity contribution in [3.8, 4) is 5.75 Å². The van der Waals surface area contributed by atoms with Crippen molar-refractivity contribution < 1.29 is 27.5 Å². The zero-order valence-corrected chi connectivity index (χ0v) is 21.5. The van der Waals surface area contributed by atoms with E-state index in [2.05, 4.69) is 10.8 Å². The smallest absolute Gasteiger partial charge is 0.312 e. The Balaban J connectivity index is 1.33. The lowest BCUT2D eigenvalue weighted by Gasteiger charge is -2.40. The quantitative estimate of drug-likeness (QED) is 0.629. The van der Waals surface area contributed by atoms with E-state index in [4.69, 9.17) is 9.47 Å². The Kier molecular flexibility index (Phi) is 8.31. The molecule has 0 radical (unpaired) electrons. The molecule has 0 bridgehead atoms. The van der Waals surface area contributed by atoms with Crippen molar-refractivity contribution >= 4 is 21.9 Å². The number of para-hydroxylation sites is 1. The third kappa shape index (κ3) is 6.25. The van der Waals surface area contributed by atoms with Crippen LogP contribution in [-0.4, -0.2) is 58.0 Å². The third-order valence-electron chi connectivity index (χ3n) is 7.15. The number of amides is 1. The number of carbonyl (C=O) groups excluding carboxylic acids is 2. The molecule has 9 heteroatoms.